The third kappa shape index (κ3) is 4.92. The fourth-order valence-electron chi connectivity index (χ4n) is 3.80. The Morgan fingerprint density at radius 1 is 1.32 bits per heavy atom. The molecule has 178 valence electrons. The van der Waals surface area contributed by atoms with Crippen LogP contribution >= 0.6 is 0 Å². The Bertz CT molecular complexity index is 1190. The molecular weight excluding hydrogens is 451 g/mol. The van der Waals surface area contributed by atoms with Gasteiger partial charge in [-0.05, 0) is 44.4 Å². The van der Waals surface area contributed by atoms with Crippen molar-refractivity contribution >= 4 is 23.8 Å². The number of halogens is 3. The van der Waals surface area contributed by atoms with Gasteiger partial charge in [0.1, 0.15) is 11.6 Å². The van der Waals surface area contributed by atoms with Crippen LogP contribution in [0.4, 0.5) is 19.0 Å². The molecule has 2 aromatic rings. The van der Waals surface area contributed by atoms with E-state index < -0.39 is 18.8 Å². The van der Waals surface area contributed by atoms with Gasteiger partial charge in [0.15, 0.2) is 6.61 Å². The first-order valence-corrected chi connectivity index (χ1v) is 10.6. The summed E-state index contributed by atoms with van der Waals surface area (Å²) in [6.45, 7) is 2.18. The van der Waals surface area contributed by atoms with E-state index in [1.54, 1.807) is 37.1 Å². The first-order chi connectivity index (χ1) is 16.1. The Hall–Kier alpha value is -3.76. The molecule has 2 aromatic heterocycles. The third-order valence-corrected chi connectivity index (χ3v) is 5.65. The van der Waals surface area contributed by atoms with Crippen LogP contribution in [0.5, 0.6) is 5.75 Å². The van der Waals surface area contributed by atoms with Crippen molar-refractivity contribution in [2.75, 3.05) is 11.9 Å². The van der Waals surface area contributed by atoms with Crippen molar-refractivity contribution in [2.45, 2.75) is 45.5 Å². The standard InChI is InChI=1S/C23H22F3N5O3/c1-13-8-18(29-10-19(13)34-12-23(24,25)26)14(2)31-11-17-16(22(31)33)5-7-28-20(17)30-21(32)15-4-3-6-27-9-15/h5-10,14H,3-4,11-12H2,1-2H3,(H,28,30,32). The van der Waals surface area contributed by atoms with E-state index in [1.807, 2.05) is 0 Å². The number of aromatic nitrogens is 2. The van der Waals surface area contributed by atoms with Crippen LogP contribution in [0.25, 0.3) is 0 Å². The lowest BCUT2D eigenvalue weighted by Crippen LogP contribution is -2.28. The highest BCUT2D eigenvalue weighted by molar-refractivity contribution is 6.06. The average Bonchev–Trinajstić information content (AvgIpc) is 3.15. The zero-order valence-corrected chi connectivity index (χ0v) is 18.5. The van der Waals surface area contributed by atoms with Crippen molar-refractivity contribution < 1.29 is 27.5 Å². The van der Waals surface area contributed by atoms with E-state index in [-0.39, 0.29) is 24.1 Å². The maximum atomic E-state index is 13.1. The second kappa shape index (κ2) is 9.24. The monoisotopic (exact) mass is 473 g/mol. The minimum absolute atomic E-state index is 0.0276. The summed E-state index contributed by atoms with van der Waals surface area (Å²) in [5.41, 5.74) is 2.53. The maximum absolute atomic E-state index is 13.1. The van der Waals surface area contributed by atoms with Crippen molar-refractivity contribution in [1.82, 2.24) is 14.9 Å². The summed E-state index contributed by atoms with van der Waals surface area (Å²) in [5.74, 6) is -0.233. The molecule has 11 heteroatoms. The van der Waals surface area contributed by atoms with Crippen LogP contribution in [0.15, 0.2) is 41.3 Å². The van der Waals surface area contributed by atoms with Crippen molar-refractivity contribution in [3.05, 3.63) is 58.7 Å². The number of carbonyl (C=O) groups excluding carboxylic acids is 2. The van der Waals surface area contributed by atoms with Gasteiger partial charge in [-0.15, -0.1) is 0 Å². The van der Waals surface area contributed by atoms with Gasteiger partial charge in [0, 0.05) is 35.3 Å². The molecule has 4 rings (SSSR count). The average molecular weight is 473 g/mol. The molecule has 1 N–H and O–H groups in total. The Labute approximate surface area is 193 Å². The van der Waals surface area contributed by atoms with E-state index in [0.29, 0.717) is 46.6 Å². The number of pyridine rings is 2. The van der Waals surface area contributed by atoms with E-state index in [1.165, 1.54) is 18.6 Å². The molecule has 0 radical (unpaired) electrons. The lowest BCUT2D eigenvalue weighted by Gasteiger charge is -2.24. The molecule has 2 aliphatic heterocycles. The number of fused-ring (bicyclic) bond motifs is 1. The van der Waals surface area contributed by atoms with Gasteiger partial charge in [0.25, 0.3) is 11.8 Å². The van der Waals surface area contributed by atoms with Crippen molar-refractivity contribution in [1.29, 1.82) is 0 Å². The van der Waals surface area contributed by atoms with Gasteiger partial charge >= 0.3 is 6.18 Å². The summed E-state index contributed by atoms with van der Waals surface area (Å²) in [7, 11) is 0. The van der Waals surface area contributed by atoms with Gasteiger partial charge in [-0.1, -0.05) is 0 Å². The molecule has 2 amide bonds. The number of ether oxygens (including phenoxy) is 1. The topological polar surface area (TPSA) is 96.8 Å². The molecule has 1 unspecified atom stereocenters. The number of amides is 2. The number of anilines is 1. The molecule has 34 heavy (non-hydrogen) atoms. The van der Waals surface area contributed by atoms with Crippen molar-refractivity contribution in [3.63, 3.8) is 0 Å². The van der Waals surface area contributed by atoms with E-state index in [4.69, 9.17) is 4.74 Å². The normalized spacial score (nSPS) is 16.2. The van der Waals surface area contributed by atoms with Gasteiger partial charge < -0.3 is 15.0 Å². The first kappa shape index (κ1) is 23.4. The van der Waals surface area contributed by atoms with Crippen LogP contribution in [0.3, 0.4) is 0 Å². The van der Waals surface area contributed by atoms with Gasteiger partial charge in [0.05, 0.1) is 24.5 Å². The van der Waals surface area contributed by atoms with Crippen LogP contribution in [0, 0.1) is 6.92 Å². The van der Waals surface area contributed by atoms with Crippen LogP contribution < -0.4 is 10.1 Å². The number of aliphatic imine (C=N–C) groups is 1. The fourth-order valence-corrected chi connectivity index (χ4v) is 3.80. The number of alkyl halides is 3. The summed E-state index contributed by atoms with van der Waals surface area (Å²) in [4.78, 5) is 39.7. The molecule has 0 bridgehead atoms. The van der Waals surface area contributed by atoms with E-state index >= 15 is 0 Å². The van der Waals surface area contributed by atoms with Crippen LogP contribution in [-0.4, -0.2) is 45.7 Å². The second-order valence-corrected chi connectivity index (χ2v) is 8.05. The highest BCUT2D eigenvalue weighted by atomic mass is 19.4. The zero-order chi connectivity index (χ0) is 24.5. The van der Waals surface area contributed by atoms with Crippen molar-refractivity contribution in [3.8, 4) is 5.75 Å². The summed E-state index contributed by atoms with van der Waals surface area (Å²) in [6.07, 6.45) is 2.73. The first-order valence-electron chi connectivity index (χ1n) is 10.6. The number of hydrogen-bond donors (Lipinski definition) is 1. The summed E-state index contributed by atoms with van der Waals surface area (Å²) < 4.78 is 42.1. The largest absolute Gasteiger partial charge is 0.482 e. The molecule has 0 aliphatic carbocycles. The van der Waals surface area contributed by atoms with Crippen LogP contribution in [-0.2, 0) is 11.3 Å². The quantitative estimate of drug-likeness (QED) is 0.681. The summed E-state index contributed by atoms with van der Waals surface area (Å²) >= 11 is 0. The molecule has 1 atom stereocenters. The van der Waals surface area contributed by atoms with Gasteiger partial charge in [-0.25, -0.2) is 4.98 Å². The molecule has 0 saturated heterocycles. The van der Waals surface area contributed by atoms with Crippen LogP contribution in [0.1, 0.15) is 53.0 Å². The lowest BCUT2D eigenvalue weighted by atomic mass is 10.1. The van der Waals surface area contributed by atoms with Crippen molar-refractivity contribution in [2.24, 2.45) is 4.99 Å². The number of nitrogens with zero attached hydrogens (tertiary/aromatic N) is 4. The SMILES string of the molecule is Cc1cc(C(C)N2Cc3c(ccnc3NC(=O)C3=CN=CCC3)C2=O)ncc1OCC(F)(F)F. The smallest absolute Gasteiger partial charge is 0.422 e. The molecule has 0 saturated carbocycles. The predicted octanol–water partition coefficient (Wildman–Crippen LogP) is 4.13. The minimum Gasteiger partial charge on any atom is -0.482 e. The van der Waals surface area contributed by atoms with Gasteiger partial charge in [0.2, 0.25) is 0 Å². The van der Waals surface area contributed by atoms with E-state index in [9.17, 15) is 22.8 Å². The molecule has 4 heterocycles. The van der Waals surface area contributed by atoms with E-state index in [0.717, 1.165) is 0 Å². The highest BCUT2D eigenvalue weighted by Crippen LogP contribution is 2.34. The molecule has 0 aromatic carbocycles. The zero-order valence-electron chi connectivity index (χ0n) is 18.5. The molecule has 0 spiro atoms. The second-order valence-electron chi connectivity index (χ2n) is 8.05. The predicted molar refractivity (Wildman–Crippen MR) is 117 cm³/mol. The Balaban J connectivity index is 1.51. The number of carbonyl (C=O) groups is 2. The fraction of sp³-hybridized carbons (Fsp3) is 0.348. The molecule has 2 aliphatic rings. The van der Waals surface area contributed by atoms with Gasteiger partial charge in [-0.3, -0.25) is 19.6 Å². The Morgan fingerprint density at radius 3 is 2.79 bits per heavy atom. The minimum atomic E-state index is -4.45. The summed E-state index contributed by atoms with van der Waals surface area (Å²) in [6, 6.07) is 2.72. The van der Waals surface area contributed by atoms with E-state index in [2.05, 4.69) is 20.3 Å². The number of hydrogen-bond acceptors (Lipinski definition) is 6. The maximum Gasteiger partial charge on any atom is 0.422 e. The van der Waals surface area contributed by atoms with Crippen LogP contribution in [0.2, 0.25) is 0 Å². The number of nitrogens with one attached hydrogen (secondary N) is 1. The highest BCUT2D eigenvalue weighted by Gasteiger charge is 2.35. The number of rotatable bonds is 6. The Morgan fingerprint density at radius 2 is 2.12 bits per heavy atom. The molecule has 8 nitrogen and oxygen atoms in total. The summed E-state index contributed by atoms with van der Waals surface area (Å²) in [5, 5.41) is 2.78. The number of aryl methyl sites for hydroxylation is 1. The third-order valence-electron chi connectivity index (χ3n) is 5.65. The van der Waals surface area contributed by atoms with Gasteiger partial charge in [-0.2, -0.15) is 13.2 Å². The molecule has 0 fully saturated rings. The Kier molecular flexibility index (Phi) is 6.36. The lowest BCUT2D eigenvalue weighted by molar-refractivity contribution is -0.153. The molecular formula is C23H22F3N5O3.